The molecule has 1 radical (unpaired) electrons. The number of hydrogen-bond donors (Lipinski definition) is 0. The molecule has 3 aromatic heterocycles. The summed E-state index contributed by atoms with van der Waals surface area (Å²) >= 11 is 0. The molecular formula is C57H46F3IrN3O-2. The molecule has 0 saturated carbocycles. The number of aryl methyl sites for hydroxylation is 2. The minimum atomic E-state index is -4.41. The molecule has 7 aromatic carbocycles. The van der Waals surface area contributed by atoms with Gasteiger partial charge in [-0.1, -0.05) is 130 Å². The maximum atomic E-state index is 12.4. The van der Waals surface area contributed by atoms with Gasteiger partial charge in [-0.25, -0.2) is 0 Å². The summed E-state index contributed by atoms with van der Waals surface area (Å²) in [5, 5.41) is 1.76. The van der Waals surface area contributed by atoms with Crippen molar-refractivity contribution in [2.24, 2.45) is 0 Å². The van der Waals surface area contributed by atoms with Crippen LogP contribution in [0.3, 0.4) is 0 Å². The van der Waals surface area contributed by atoms with Gasteiger partial charge in [0.05, 0.1) is 22.4 Å². The molecule has 10 rings (SSSR count). The number of alkyl halides is 3. The fourth-order valence-electron chi connectivity index (χ4n) is 8.11. The standard InChI is InChI=1S/C44H37N2O.C13H9F3N.Ir/c1-27(2)37-25-33(32-21-19-31(20-22-32)30-12-7-6-8-13-30)26-38(28(3)4)42(37)46-40-17-10-9-16-39(40)45-44(46)36-15-11-14-35-34-23-18-29(5)24-41(34)47-43(35)36;1-9-2-7-12(17-8-9)10-3-5-11(6-4-10)13(14,15)16;/h6-14,16-28H,1-5H3;2-3,5-8H,1H3;/q2*-1;/i5D3;1D3;. The normalized spacial score (nSPS) is 13.4. The number of aromatic nitrogens is 3. The van der Waals surface area contributed by atoms with Gasteiger partial charge in [0.1, 0.15) is 5.58 Å². The molecule has 0 atom stereocenters. The number of rotatable bonds is 7. The van der Waals surface area contributed by atoms with Gasteiger partial charge < -0.3 is 14.0 Å². The van der Waals surface area contributed by atoms with E-state index in [0.717, 1.165) is 51.0 Å². The Balaban J connectivity index is 0.000000271. The van der Waals surface area contributed by atoms with Crippen molar-refractivity contribution < 1.29 is 45.9 Å². The predicted molar refractivity (Wildman–Crippen MR) is 255 cm³/mol. The molecule has 0 bridgehead atoms. The van der Waals surface area contributed by atoms with Crippen molar-refractivity contribution in [1.82, 2.24) is 14.5 Å². The van der Waals surface area contributed by atoms with Gasteiger partial charge >= 0.3 is 6.18 Å². The van der Waals surface area contributed by atoms with Gasteiger partial charge in [0.15, 0.2) is 0 Å². The Kier molecular flexibility index (Phi) is 10.7. The third kappa shape index (κ3) is 9.07. The first-order chi connectivity index (χ1) is 33.3. The smallest absolute Gasteiger partial charge is 0.381 e. The SMILES string of the molecule is [2H]C([2H])([2H])c1ccc(-c2[c-]cc(C(F)(F)F)cc2)nc1.[2H]C([2H])([2H])c1ccc2c(c1)oc1c(-c3nc4ccccc4n3-c3c(C(C)C)cc(-c4ccc(-c5ccccc5)cc4)cc3C(C)C)[c-]ccc12.[Ir]. The largest absolute Gasteiger partial charge is 0.501 e. The number of imidazole rings is 1. The maximum absolute atomic E-state index is 12.4. The third-order valence-corrected chi connectivity index (χ3v) is 11.4. The van der Waals surface area contributed by atoms with E-state index >= 15 is 0 Å². The number of nitrogens with zero attached hydrogens (tertiary/aromatic N) is 3. The molecule has 10 aromatic rings. The van der Waals surface area contributed by atoms with Crippen LogP contribution in [-0.2, 0) is 26.3 Å². The van der Waals surface area contributed by atoms with Gasteiger partial charge in [0, 0.05) is 45.6 Å². The zero-order chi connectivity index (χ0) is 49.7. The molecule has 4 nitrogen and oxygen atoms in total. The van der Waals surface area contributed by atoms with Crippen LogP contribution in [0.4, 0.5) is 13.2 Å². The summed E-state index contributed by atoms with van der Waals surface area (Å²) in [6, 6.07) is 53.1. The second-order valence-corrected chi connectivity index (χ2v) is 16.3. The molecular weight excluding hydrogens is 992 g/mol. The van der Waals surface area contributed by atoms with E-state index < -0.39 is 25.4 Å². The number of benzene rings is 7. The topological polar surface area (TPSA) is 43.9 Å². The van der Waals surface area contributed by atoms with Crippen molar-refractivity contribution >= 4 is 33.0 Å². The number of fused-ring (bicyclic) bond motifs is 4. The first-order valence-corrected chi connectivity index (χ1v) is 21.0. The van der Waals surface area contributed by atoms with Crippen LogP contribution in [0.15, 0.2) is 162 Å². The summed E-state index contributed by atoms with van der Waals surface area (Å²) in [5.41, 5.74) is 12.4. The van der Waals surface area contributed by atoms with Crippen molar-refractivity contribution in [1.29, 1.82) is 0 Å². The van der Waals surface area contributed by atoms with E-state index in [9.17, 15) is 13.2 Å². The summed E-state index contributed by atoms with van der Waals surface area (Å²) in [6.45, 7) is 4.51. The van der Waals surface area contributed by atoms with Crippen molar-refractivity contribution in [2.75, 3.05) is 0 Å². The summed E-state index contributed by atoms with van der Waals surface area (Å²) in [5.74, 6) is 1.16. The number of halogens is 3. The molecule has 0 spiro atoms. The van der Waals surface area contributed by atoms with E-state index in [2.05, 4.69) is 122 Å². The summed E-state index contributed by atoms with van der Waals surface area (Å²) in [6.07, 6.45) is -3.22. The molecule has 0 unspecified atom stereocenters. The average molecular weight is 1040 g/mol. The van der Waals surface area contributed by atoms with E-state index in [0.29, 0.717) is 22.4 Å². The van der Waals surface area contributed by atoms with Gasteiger partial charge in [-0.05, 0) is 112 Å². The summed E-state index contributed by atoms with van der Waals surface area (Å²) < 4.78 is 91.4. The monoisotopic (exact) mass is 1040 g/mol. The molecule has 327 valence electrons. The van der Waals surface area contributed by atoms with Crippen molar-refractivity contribution in [3.63, 3.8) is 0 Å². The molecule has 8 heteroatoms. The van der Waals surface area contributed by atoms with Crippen LogP contribution >= 0.6 is 0 Å². The van der Waals surface area contributed by atoms with E-state index in [1.54, 1.807) is 12.1 Å². The second kappa shape index (κ2) is 18.5. The van der Waals surface area contributed by atoms with Gasteiger partial charge in [-0.2, -0.15) is 13.2 Å². The Labute approximate surface area is 399 Å². The molecule has 0 aliphatic heterocycles. The number of hydrogen-bond acceptors (Lipinski definition) is 3. The molecule has 0 N–H and O–H groups in total. The van der Waals surface area contributed by atoms with E-state index in [-0.39, 0.29) is 43.1 Å². The van der Waals surface area contributed by atoms with Crippen molar-refractivity contribution in [3.05, 3.63) is 198 Å². The molecule has 0 saturated heterocycles. The second-order valence-electron chi connectivity index (χ2n) is 16.3. The van der Waals surface area contributed by atoms with E-state index in [1.807, 2.05) is 36.4 Å². The van der Waals surface area contributed by atoms with Crippen LogP contribution in [0.2, 0.25) is 0 Å². The first kappa shape index (κ1) is 37.7. The van der Waals surface area contributed by atoms with Gasteiger partial charge in [-0.15, -0.1) is 48.0 Å². The summed E-state index contributed by atoms with van der Waals surface area (Å²) in [4.78, 5) is 9.17. The zero-order valence-electron chi connectivity index (χ0n) is 41.9. The number of para-hydroxylation sites is 2. The van der Waals surface area contributed by atoms with Crippen LogP contribution in [0.5, 0.6) is 0 Å². The molecule has 0 aliphatic carbocycles. The Morgan fingerprint density at radius 2 is 1.32 bits per heavy atom. The fraction of sp³-hybridized carbons (Fsp3) is 0.158. The Hall–Kier alpha value is -6.60. The quantitative estimate of drug-likeness (QED) is 0.149. The fourth-order valence-corrected chi connectivity index (χ4v) is 8.11. The minimum absolute atomic E-state index is 0. The molecule has 3 heterocycles. The van der Waals surface area contributed by atoms with Crippen LogP contribution in [0, 0.1) is 25.8 Å². The van der Waals surface area contributed by atoms with Crippen molar-refractivity contribution in [2.45, 2.75) is 59.4 Å². The Morgan fingerprint density at radius 3 is 1.95 bits per heavy atom. The molecule has 0 amide bonds. The van der Waals surface area contributed by atoms with Crippen LogP contribution in [0.25, 0.3) is 83.6 Å². The van der Waals surface area contributed by atoms with E-state index in [1.165, 1.54) is 57.8 Å². The molecule has 0 aliphatic rings. The van der Waals surface area contributed by atoms with Gasteiger partial charge in [-0.3, -0.25) is 4.98 Å². The summed E-state index contributed by atoms with van der Waals surface area (Å²) in [7, 11) is 0. The number of furan rings is 1. The van der Waals surface area contributed by atoms with Crippen molar-refractivity contribution in [3.8, 4) is 50.6 Å². The van der Waals surface area contributed by atoms with Crippen LogP contribution < -0.4 is 0 Å². The third-order valence-electron chi connectivity index (χ3n) is 11.4. The average Bonchev–Trinajstić information content (AvgIpc) is 3.92. The van der Waals surface area contributed by atoms with Gasteiger partial charge in [0.2, 0.25) is 0 Å². The number of pyridine rings is 1. The van der Waals surface area contributed by atoms with Crippen LogP contribution in [-0.4, -0.2) is 14.5 Å². The van der Waals surface area contributed by atoms with Crippen LogP contribution in [0.1, 0.15) is 75.6 Å². The van der Waals surface area contributed by atoms with Gasteiger partial charge in [0.25, 0.3) is 0 Å². The predicted octanol–water partition coefficient (Wildman–Crippen LogP) is 16.2. The molecule has 0 fully saturated rings. The van der Waals surface area contributed by atoms with E-state index in [4.69, 9.17) is 17.6 Å². The maximum Gasteiger partial charge on any atom is 0.381 e. The zero-order valence-corrected chi connectivity index (χ0v) is 38.3. The first-order valence-electron chi connectivity index (χ1n) is 24.0. The Bertz CT molecular complexity index is 3410. The molecule has 65 heavy (non-hydrogen) atoms. The minimum Gasteiger partial charge on any atom is -0.501 e. The Morgan fingerprint density at radius 1 is 0.662 bits per heavy atom.